The molecule has 8 heteroatoms. The van der Waals surface area contributed by atoms with E-state index < -0.39 is 17.9 Å². The van der Waals surface area contributed by atoms with Gasteiger partial charge >= 0.3 is 17.9 Å². The predicted octanol–water partition coefficient (Wildman–Crippen LogP) is 1.43. The van der Waals surface area contributed by atoms with Crippen molar-refractivity contribution in [2.75, 3.05) is 5.73 Å². The van der Waals surface area contributed by atoms with Crippen LogP contribution < -0.4 is 5.73 Å². The number of hydrogen-bond acceptors (Lipinski definition) is 5. The molecule has 22 heavy (non-hydrogen) atoms. The Morgan fingerprint density at radius 3 is 1.82 bits per heavy atom. The van der Waals surface area contributed by atoms with Crippen molar-refractivity contribution >= 4 is 23.7 Å². The lowest BCUT2D eigenvalue weighted by molar-refractivity contribution is 0.0682. The summed E-state index contributed by atoms with van der Waals surface area (Å²) in [7, 11) is 0. The summed E-state index contributed by atoms with van der Waals surface area (Å²) in [5.41, 5.74) is 5.19. The van der Waals surface area contributed by atoms with Crippen molar-refractivity contribution < 1.29 is 29.7 Å². The smallest absolute Gasteiger partial charge is 0.339 e. The second kappa shape index (κ2) is 5.52. The number of nitrogen functional groups attached to an aromatic ring is 1. The number of pyridine rings is 1. The molecule has 8 nitrogen and oxygen atoms in total. The van der Waals surface area contributed by atoms with E-state index in [1.165, 1.54) is 24.4 Å². The normalized spacial score (nSPS) is 10.2. The van der Waals surface area contributed by atoms with E-state index in [1.807, 2.05) is 0 Å². The number of hydrogen-bond donors (Lipinski definition) is 4. The van der Waals surface area contributed by atoms with Gasteiger partial charge in [-0.25, -0.2) is 19.4 Å². The molecule has 0 saturated carbocycles. The molecule has 0 saturated heterocycles. The van der Waals surface area contributed by atoms with Crippen molar-refractivity contribution in [1.29, 1.82) is 0 Å². The Morgan fingerprint density at radius 1 is 0.818 bits per heavy atom. The fraction of sp³-hybridized carbons (Fsp3) is 0. The van der Waals surface area contributed by atoms with Gasteiger partial charge in [0.2, 0.25) is 0 Å². The van der Waals surface area contributed by atoms with Gasteiger partial charge in [0.05, 0.1) is 11.1 Å². The van der Waals surface area contributed by atoms with Crippen molar-refractivity contribution in [3.05, 3.63) is 47.2 Å². The molecule has 2 aromatic rings. The number of carboxylic acid groups (broad SMARTS) is 3. The molecule has 0 radical (unpaired) electrons. The van der Waals surface area contributed by atoms with Gasteiger partial charge in [0.15, 0.2) is 0 Å². The molecular formula is C14H10N2O6. The van der Waals surface area contributed by atoms with E-state index in [0.29, 0.717) is 0 Å². The number of carboxylic acids is 3. The molecule has 0 aliphatic carbocycles. The van der Waals surface area contributed by atoms with E-state index in [4.69, 9.17) is 21.1 Å². The minimum Gasteiger partial charge on any atom is -0.478 e. The van der Waals surface area contributed by atoms with Crippen molar-refractivity contribution in [1.82, 2.24) is 4.98 Å². The van der Waals surface area contributed by atoms with Crippen LogP contribution in [0.15, 0.2) is 30.5 Å². The molecule has 1 aromatic heterocycles. The van der Waals surface area contributed by atoms with Crippen molar-refractivity contribution in [2.45, 2.75) is 0 Å². The summed E-state index contributed by atoms with van der Waals surface area (Å²) in [6.45, 7) is 0. The zero-order valence-corrected chi connectivity index (χ0v) is 11.0. The molecule has 5 N–H and O–H groups in total. The minimum atomic E-state index is -1.30. The zero-order valence-electron chi connectivity index (χ0n) is 11.0. The Hall–Kier alpha value is -3.42. The number of nitrogens with two attached hydrogens (primary N) is 1. The van der Waals surface area contributed by atoms with Gasteiger partial charge < -0.3 is 21.1 Å². The summed E-state index contributed by atoms with van der Waals surface area (Å²) in [5.74, 6) is -4.08. The predicted molar refractivity (Wildman–Crippen MR) is 75.0 cm³/mol. The molecule has 0 aliphatic rings. The van der Waals surface area contributed by atoms with Gasteiger partial charge in [0, 0.05) is 11.8 Å². The quantitative estimate of drug-likeness (QED) is 0.662. The average Bonchev–Trinajstić information content (AvgIpc) is 2.46. The van der Waals surface area contributed by atoms with Crippen LogP contribution in [0.3, 0.4) is 0 Å². The van der Waals surface area contributed by atoms with Crippen LogP contribution in [0.5, 0.6) is 0 Å². The standard InChI is InChI=1S/C14H10N2O6/c15-11-10(14(21)22)4-9(5-16-11)6-1-7(12(17)18)3-8(2-6)13(19)20/h1-5H,(H2,15,16)(H,17,18)(H,19,20)(H,21,22). The van der Waals surface area contributed by atoms with Gasteiger partial charge in [0.1, 0.15) is 11.4 Å². The molecule has 0 atom stereocenters. The van der Waals surface area contributed by atoms with Crippen molar-refractivity contribution in [3.63, 3.8) is 0 Å². The Kier molecular flexibility index (Phi) is 3.76. The largest absolute Gasteiger partial charge is 0.478 e. The first-order chi connectivity index (χ1) is 10.3. The maximum atomic E-state index is 11.1. The van der Waals surface area contributed by atoms with E-state index in [2.05, 4.69) is 4.98 Å². The summed E-state index contributed by atoms with van der Waals surface area (Å²) in [4.78, 5) is 36.9. The summed E-state index contributed by atoms with van der Waals surface area (Å²) in [6.07, 6.45) is 1.24. The van der Waals surface area contributed by atoms with Crippen LogP contribution in [-0.2, 0) is 0 Å². The molecule has 0 unspecified atom stereocenters. The van der Waals surface area contributed by atoms with Gasteiger partial charge in [-0.1, -0.05) is 0 Å². The van der Waals surface area contributed by atoms with Crippen LogP contribution >= 0.6 is 0 Å². The highest BCUT2D eigenvalue weighted by atomic mass is 16.4. The third kappa shape index (κ3) is 2.85. The van der Waals surface area contributed by atoms with Crippen LogP contribution in [0, 0.1) is 0 Å². The van der Waals surface area contributed by atoms with E-state index in [-0.39, 0.29) is 33.6 Å². The number of aromatic carboxylic acids is 3. The van der Waals surface area contributed by atoms with E-state index in [9.17, 15) is 14.4 Å². The number of benzene rings is 1. The van der Waals surface area contributed by atoms with Gasteiger partial charge in [-0.15, -0.1) is 0 Å². The first-order valence-corrected chi connectivity index (χ1v) is 5.90. The second-order valence-corrected chi connectivity index (χ2v) is 4.37. The van der Waals surface area contributed by atoms with Crippen molar-refractivity contribution in [2.24, 2.45) is 0 Å². The highest BCUT2D eigenvalue weighted by molar-refractivity contribution is 5.97. The molecule has 0 spiro atoms. The Bertz CT molecular complexity index is 768. The Morgan fingerprint density at radius 2 is 1.36 bits per heavy atom. The minimum absolute atomic E-state index is 0.191. The van der Waals surface area contributed by atoms with Crippen LogP contribution in [-0.4, -0.2) is 38.2 Å². The first-order valence-electron chi connectivity index (χ1n) is 5.90. The third-order valence-corrected chi connectivity index (χ3v) is 2.91. The molecule has 2 rings (SSSR count). The number of anilines is 1. The highest BCUT2D eigenvalue weighted by Gasteiger charge is 2.15. The second-order valence-electron chi connectivity index (χ2n) is 4.37. The molecule has 112 valence electrons. The average molecular weight is 302 g/mol. The number of aromatic nitrogens is 1. The number of carbonyl (C=O) groups is 3. The zero-order chi connectivity index (χ0) is 16.4. The third-order valence-electron chi connectivity index (χ3n) is 2.91. The van der Waals surface area contributed by atoms with E-state index in [0.717, 1.165) is 6.07 Å². The van der Waals surface area contributed by atoms with Crippen LogP contribution in [0.2, 0.25) is 0 Å². The summed E-state index contributed by atoms with van der Waals surface area (Å²) in [6, 6.07) is 4.68. The molecular weight excluding hydrogens is 292 g/mol. The van der Waals surface area contributed by atoms with Crippen LogP contribution in [0.1, 0.15) is 31.1 Å². The summed E-state index contributed by atoms with van der Waals surface area (Å²) in [5, 5.41) is 27.1. The van der Waals surface area contributed by atoms with Crippen molar-refractivity contribution in [3.8, 4) is 11.1 Å². The van der Waals surface area contributed by atoms with Gasteiger partial charge in [-0.3, -0.25) is 0 Å². The number of rotatable bonds is 4. The summed E-state index contributed by atoms with van der Waals surface area (Å²) >= 11 is 0. The first kappa shape index (κ1) is 15.0. The molecule has 0 amide bonds. The maximum Gasteiger partial charge on any atom is 0.339 e. The van der Waals surface area contributed by atoms with Crippen LogP contribution in [0.25, 0.3) is 11.1 Å². The van der Waals surface area contributed by atoms with Gasteiger partial charge in [0.25, 0.3) is 0 Å². The lowest BCUT2D eigenvalue weighted by atomic mass is 9.99. The Balaban J connectivity index is 2.66. The monoisotopic (exact) mass is 302 g/mol. The van der Waals surface area contributed by atoms with E-state index >= 15 is 0 Å². The van der Waals surface area contributed by atoms with Gasteiger partial charge in [-0.05, 0) is 29.8 Å². The highest BCUT2D eigenvalue weighted by Crippen LogP contribution is 2.25. The lowest BCUT2D eigenvalue weighted by Crippen LogP contribution is -2.06. The molecule has 0 aliphatic heterocycles. The maximum absolute atomic E-state index is 11.1. The topological polar surface area (TPSA) is 151 Å². The molecule has 0 bridgehead atoms. The fourth-order valence-corrected chi connectivity index (χ4v) is 1.85. The molecule has 0 fully saturated rings. The van der Waals surface area contributed by atoms with Crippen LogP contribution in [0.4, 0.5) is 5.82 Å². The fourth-order valence-electron chi connectivity index (χ4n) is 1.85. The Labute approximate surface area is 123 Å². The molecule has 1 aromatic carbocycles. The lowest BCUT2D eigenvalue weighted by Gasteiger charge is -2.07. The van der Waals surface area contributed by atoms with Gasteiger partial charge in [-0.2, -0.15) is 0 Å². The SMILES string of the molecule is Nc1ncc(-c2cc(C(=O)O)cc(C(=O)O)c2)cc1C(=O)O. The molecule has 1 heterocycles. The van der Waals surface area contributed by atoms with E-state index in [1.54, 1.807) is 0 Å². The summed E-state index contributed by atoms with van der Waals surface area (Å²) < 4.78 is 0. The number of nitrogens with zero attached hydrogens (tertiary/aromatic N) is 1.